The standard InChI is InChI=1S/C16H18N6O2S/c1-20(2)13(23)9-21(3)16(24)10-7-11(17)15-18-14(19-22(15)8-10)12-5-4-6-25-12/h4-8H,9,17H2,1-3H3. The molecule has 0 saturated heterocycles. The van der Waals surface area contributed by atoms with Crippen LogP contribution in [0.3, 0.4) is 0 Å². The van der Waals surface area contributed by atoms with E-state index in [9.17, 15) is 9.59 Å². The quantitative estimate of drug-likeness (QED) is 0.756. The monoisotopic (exact) mass is 358 g/mol. The molecule has 25 heavy (non-hydrogen) atoms. The van der Waals surface area contributed by atoms with Crippen LogP contribution in [0, 0.1) is 0 Å². The molecule has 0 aliphatic heterocycles. The minimum Gasteiger partial charge on any atom is -0.396 e. The lowest BCUT2D eigenvalue weighted by Gasteiger charge is -2.19. The van der Waals surface area contributed by atoms with Crippen LogP contribution in [0.1, 0.15) is 10.4 Å². The Morgan fingerprint density at radius 2 is 2.08 bits per heavy atom. The molecule has 3 aromatic rings. The topological polar surface area (TPSA) is 96.8 Å². The van der Waals surface area contributed by atoms with Gasteiger partial charge in [-0.1, -0.05) is 6.07 Å². The highest BCUT2D eigenvalue weighted by Gasteiger charge is 2.19. The highest BCUT2D eigenvalue weighted by molar-refractivity contribution is 7.13. The van der Waals surface area contributed by atoms with Gasteiger partial charge in [0.25, 0.3) is 5.91 Å². The van der Waals surface area contributed by atoms with Gasteiger partial charge in [-0.2, -0.15) is 0 Å². The molecular weight excluding hydrogens is 340 g/mol. The third kappa shape index (κ3) is 3.31. The van der Waals surface area contributed by atoms with Crippen LogP contribution in [0.2, 0.25) is 0 Å². The minimum absolute atomic E-state index is 0.0123. The number of carbonyl (C=O) groups excluding carboxylic acids is 2. The van der Waals surface area contributed by atoms with Gasteiger partial charge in [0.05, 0.1) is 22.7 Å². The van der Waals surface area contributed by atoms with Crippen LogP contribution in [0.5, 0.6) is 0 Å². The smallest absolute Gasteiger partial charge is 0.255 e. The highest BCUT2D eigenvalue weighted by atomic mass is 32.1. The molecule has 9 heteroatoms. The zero-order valence-corrected chi connectivity index (χ0v) is 14.9. The van der Waals surface area contributed by atoms with Gasteiger partial charge in [0.2, 0.25) is 5.91 Å². The molecule has 3 heterocycles. The lowest BCUT2D eigenvalue weighted by molar-refractivity contribution is -0.129. The molecule has 0 bridgehead atoms. The van der Waals surface area contributed by atoms with Crippen molar-refractivity contribution in [2.45, 2.75) is 0 Å². The van der Waals surface area contributed by atoms with Gasteiger partial charge < -0.3 is 15.5 Å². The van der Waals surface area contributed by atoms with Gasteiger partial charge in [-0.3, -0.25) is 9.59 Å². The first kappa shape index (κ1) is 16.9. The third-order valence-corrected chi connectivity index (χ3v) is 4.53. The fourth-order valence-corrected chi connectivity index (χ4v) is 2.93. The number of carbonyl (C=O) groups is 2. The second-order valence-corrected chi connectivity index (χ2v) is 6.76. The van der Waals surface area contributed by atoms with Crippen LogP contribution in [0.15, 0.2) is 29.8 Å². The lowest BCUT2D eigenvalue weighted by atomic mass is 10.2. The highest BCUT2D eigenvalue weighted by Crippen LogP contribution is 2.24. The number of nitrogens with two attached hydrogens (primary N) is 1. The predicted molar refractivity (Wildman–Crippen MR) is 96.4 cm³/mol. The Kier molecular flexibility index (Phi) is 4.41. The zero-order chi connectivity index (χ0) is 18.1. The Morgan fingerprint density at radius 3 is 2.72 bits per heavy atom. The maximum Gasteiger partial charge on any atom is 0.255 e. The number of nitrogen functional groups attached to an aromatic ring is 1. The number of hydrogen-bond donors (Lipinski definition) is 1. The molecule has 0 aliphatic carbocycles. The predicted octanol–water partition coefficient (Wildman–Crippen LogP) is 1.20. The SMILES string of the molecule is CN(C)C(=O)CN(C)C(=O)c1cc(N)c2nc(-c3cccs3)nn2c1. The molecule has 2 N–H and O–H groups in total. The van der Waals surface area contributed by atoms with E-state index in [-0.39, 0.29) is 18.4 Å². The van der Waals surface area contributed by atoms with Crippen LogP contribution in [0.25, 0.3) is 16.3 Å². The Morgan fingerprint density at radius 1 is 1.32 bits per heavy atom. The van der Waals surface area contributed by atoms with Gasteiger partial charge >= 0.3 is 0 Å². The first-order valence-corrected chi connectivity index (χ1v) is 8.40. The van der Waals surface area contributed by atoms with Crippen molar-refractivity contribution in [2.24, 2.45) is 0 Å². The summed E-state index contributed by atoms with van der Waals surface area (Å²) in [5, 5.41) is 6.34. The Balaban J connectivity index is 1.92. The molecule has 0 aliphatic rings. The third-order valence-electron chi connectivity index (χ3n) is 3.67. The summed E-state index contributed by atoms with van der Waals surface area (Å²) in [5.41, 5.74) is 7.24. The molecule has 0 unspecified atom stereocenters. The van der Waals surface area contributed by atoms with Crippen molar-refractivity contribution in [1.82, 2.24) is 24.4 Å². The van der Waals surface area contributed by atoms with Gasteiger partial charge in [-0.25, -0.2) is 9.50 Å². The van der Waals surface area contributed by atoms with Crippen LogP contribution in [-0.4, -0.2) is 63.9 Å². The Labute approximate surface area is 148 Å². The number of anilines is 1. The largest absolute Gasteiger partial charge is 0.396 e. The van der Waals surface area contributed by atoms with E-state index in [4.69, 9.17) is 5.73 Å². The van der Waals surface area contributed by atoms with Crippen molar-refractivity contribution < 1.29 is 9.59 Å². The van der Waals surface area contributed by atoms with E-state index in [1.807, 2.05) is 17.5 Å². The Bertz CT molecular complexity index is 932. The van der Waals surface area contributed by atoms with Crippen LogP contribution >= 0.6 is 11.3 Å². The van der Waals surface area contributed by atoms with Gasteiger partial charge in [0.1, 0.15) is 0 Å². The summed E-state index contributed by atoms with van der Waals surface area (Å²) < 4.78 is 1.50. The van der Waals surface area contributed by atoms with E-state index >= 15 is 0 Å². The molecule has 0 radical (unpaired) electrons. The van der Waals surface area contributed by atoms with Gasteiger partial charge in [-0.05, 0) is 17.5 Å². The summed E-state index contributed by atoms with van der Waals surface area (Å²) in [6, 6.07) is 5.39. The van der Waals surface area contributed by atoms with Crippen molar-refractivity contribution in [2.75, 3.05) is 33.4 Å². The summed E-state index contributed by atoms with van der Waals surface area (Å²) >= 11 is 1.53. The number of rotatable bonds is 4. The number of aromatic nitrogens is 3. The number of nitrogens with zero attached hydrogens (tertiary/aromatic N) is 5. The fourth-order valence-electron chi connectivity index (χ4n) is 2.27. The maximum atomic E-state index is 12.6. The molecule has 0 spiro atoms. The number of amides is 2. The zero-order valence-electron chi connectivity index (χ0n) is 14.1. The van der Waals surface area contributed by atoms with Crippen molar-refractivity contribution in [1.29, 1.82) is 0 Å². The van der Waals surface area contributed by atoms with Gasteiger partial charge in [0.15, 0.2) is 11.5 Å². The van der Waals surface area contributed by atoms with Crippen molar-refractivity contribution in [3.8, 4) is 10.7 Å². The summed E-state index contributed by atoms with van der Waals surface area (Å²) in [6.07, 6.45) is 1.58. The molecule has 130 valence electrons. The second-order valence-electron chi connectivity index (χ2n) is 5.81. The molecule has 3 rings (SSSR count). The summed E-state index contributed by atoms with van der Waals surface area (Å²) in [5.74, 6) is 0.0880. The van der Waals surface area contributed by atoms with Crippen LogP contribution in [-0.2, 0) is 4.79 Å². The van der Waals surface area contributed by atoms with Crippen LogP contribution in [0.4, 0.5) is 5.69 Å². The molecule has 2 amide bonds. The van der Waals surface area contributed by atoms with E-state index in [1.54, 1.807) is 33.4 Å². The normalized spacial score (nSPS) is 10.8. The molecule has 0 atom stereocenters. The number of fused-ring (bicyclic) bond motifs is 1. The average molecular weight is 358 g/mol. The Hall–Kier alpha value is -2.94. The van der Waals surface area contributed by atoms with Crippen molar-refractivity contribution in [3.63, 3.8) is 0 Å². The van der Waals surface area contributed by atoms with Gasteiger partial charge in [-0.15, -0.1) is 16.4 Å². The average Bonchev–Trinajstić information content (AvgIpc) is 3.22. The molecule has 3 aromatic heterocycles. The summed E-state index contributed by atoms with van der Waals surface area (Å²) in [7, 11) is 4.86. The van der Waals surface area contributed by atoms with Gasteiger partial charge in [0, 0.05) is 27.3 Å². The first-order valence-electron chi connectivity index (χ1n) is 7.52. The fraction of sp³-hybridized carbons (Fsp3) is 0.250. The van der Waals surface area contributed by atoms with Crippen molar-refractivity contribution >= 4 is 34.5 Å². The molecule has 8 nitrogen and oxygen atoms in total. The summed E-state index contributed by atoms with van der Waals surface area (Å²) in [6.45, 7) is -0.0123. The number of likely N-dealkylation sites (N-methyl/N-ethyl adjacent to an activating group) is 2. The number of thiophene rings is 1. The minimum atomic E-state index is -0.308. The summed E-state index contributed by atoms with van der Waals surface area (Å²) in [4.78, 5) is 32.5. The number of hydrogen-bond acceptors (Lipinski definition) is 6. The van der Waals surface area contributed by atoms with Crippen LogP contribution < -0.4 is 5.73 Å². The van der Waals surface area contributed by atoms with E-state index in [0.717, 1.165) is 4.88 Å². The molecule has 0 fully saturated rings. The molecule has 0 aromatic carbocycles. The van der Waals surface area contributed by atoms with E-state index in [1.165, 1.54) is 25.7 Å². The van der Waals surface area contributed by atoms with E-state index in [0.29, 0.717) is 22.7 Å². The first-order chi connectivity index (χ1) is 11.9. The molecule has 0 saturated carbocycles. The second kappa shape index (κ2) is 6.52. The molecular formula is C16H18N6O2S. The number of pyridine rings is 1. The van der Waals surface area contributed by atoms with E-state index in [2.05, 4.69) is 10.1 Å². The maximum absolute atomic E-state index is 12.6. The lowest BCUT2D eigenvalue weighted by Crippen LogP contribution is -2.37. The van der Waals surface area contributed by atoms with Crippen molar-refractivity contribution in [3.05, 3.63) is 35.3 Å². The van der Waals surface area contributed by atoms with E-state index < -0.39 is 0 Å².